The minimum atomic E-state index is -3.65. The molecule has 0 fully saturated rings. The third kappa shape index (κ3) is 5.86. The normalized spacial score (nSPS) is 15.1. The van der Waals surface area contributed by atoms with Crippen LogP contribution in [0.15, 0.2) is 89.8 Å². The topological polar surface area (TPSA) is 95.9 Å². The van der Waals surface area contributed by atoms with Crippen molar-refractivity contribution in [2.75, 3.05) is 11.3 Å². The molecule has 1 unspecified atom stereocenters. The molecule has 5 rings (SSSR count). The van der Waals surface area contributed by atoms with Crippen molar-refractivity contribution in [1.82, 2.24) is 0 Å². The van der Waals surface area contributed by atoms with Gasteiger partial charge >= 0.3 is 0 Å². The first-order valence-electron chi connectivity index (χ1n) is 11.9. The molecule has 6 nitrogen and oxygen atoms in total. The SMILES string of the molecule is O=S(=O)(Nc1ccc(-c2ccc(OCC3CCCc4cc(O)c(O)cc43)cc2)cc1)c1ccc(I)cc1. The van der Waals surface area contributed by atoms with Gasteiger partial charge in [0.2, 0.25) is 0 Å². The summed E-state index contributed by atoms with van der Waals surface area (Å²) in [5.41, 5.74) is 4.54. The van der Waals surface area contributed by atoms with Gasteiger partial charge in [-0.05, 0) is 125 Å². The van der Waals surface area contributed by atoms with Crippen molar-refractivity contribution < 1.29 is 23.4 Å². The molecule has 0 aliphatic heterocycles. The largest absolute Gasteiger partial charge is 0.504 e. The number of phenols is 2. The van der Waals surface area contributed by atoms with Gasteiger partial charge in [0.1, 0.15) is 5.75 Å². The Morgan fingerprint density at radius 2 is 1.49 bits per heavy atom. The van der Waals surface area contributed by atoms with E-state index in [0.29, 0.717) is 12.3 Å². The number of aromatic hydroxyl groups is 2. The third-order valence-corrected chi connectivity index (χ3v) is 8.69. The van der Waals surface area contributed by atoms with Crippen molar-refractivity contribution >= 4 is 38.3 Å². The molecule has 4 aromatic rings. The van der Waals surface area contributed by atoms with E-state index in [9.17, 15) is 18.6 Å². The lowest BCUT2D eigenvalue weighted by Gasteiger charge is -2.26. The Morgan fingerprint density at radius 1 is 0.865 bits per heavy atom. The zero-order valence-electron chi connectivity index (χ0n) is 19.9. The lowest BCUT2D eigenvalue weighted by atomic mass is 9.83. The molecule has 4 aromatic carbocycles. The Labute approximate surface area is 230 Å². The molecule has 1 atom stereocenters. The van der Waals surface area contributed by atoms with E-state index in [2.05, 4.69) is 27.3 Å². The van der Waals surface area contributed by atoms with Crippen molar-refractivity contribution in [3.8, 4) is 28.4 Å². The van der Waals surface area contributed by atoms with Gasteiger partial charge in [0.15, 0.2) is 11.5 Å². The van der Waals surface area contributed by atoms with Crippen LogP contribution in [0.2, 0.25) is 0 Å². The second-order valence-corrected chi connectivity index (χ2v) is 12.0. The van der Waals surface area contributed by atoms with Crippen molar-refractivity contribution in [2.24, 2.45) is 0 Å². The number of hydrogen-bond donors (Lipinski definition) is 3. The molecule has 3 N–H and O–H groups in total. The predicted octanol–water partition coefficient (Wildman–Crippen LogP) is 6.67. The fourth-order valence-electron chi connectivity index (χ4n) is 4.60. The van der Waals surface area contributed by atoms with Crippen LogP contribution < -0.4 is 9.46 Å². The number of ether oxygens (including phenoxy) is 1. The van der Waals surface area contributed by atoms with E-state index in [1.54, 1.807) is 48.5 Å². The maximum absolute atomic E-state index is 12.6. The molecule has 0 saturated carbocycles. The second kappa shape index (κ2) is 10.6. The highest BCUT2D eigenvalue weighted by atomic mass is 127. The lowest BCUT2D eigenvalue weighted by molar-refractivity contribution is 0.274. The molecule has 190 valence electrons. The minimum absolute atomic E-state index is 0.0765. The molecule has 37 heavy (non-hydrogen) atoms. The number of aryl methyl sites for hydroxylation is 1. The monoisotopic (exact) mass is 627 g/mol. The fourth-order valence-corrected chi connectivity index (χ4v) is 6.02. The van der Waals surface area contributed by atoms with Crippen LogP contribution in [0, 0.1) is 3.57 Å². The highest BCUT2D eigenvalue weighted by Crippen LogP contribution is 2.38. The van der Waals surface area contributed by atoms with Crippen LogP contribution in [0.5, 0.6) is 17.2 Å². The maximum Gasteiger partial charge on any atom is 0.261 e. The average molecular weight is 628 g/mol. The molecule has 0 amide bonds. The van der Waals surface area contributed by atoms with Crippen molar-refractivity contribution in [3.63, 3.8) is 0 Å². The Morgan fingerprint density at radius 3 is 2.16 bits per heavy atom. The van der Waals surface area contributed by atoms with Crippen molar-refractivity contribution in [3.05, 3.63) is 99.6 Å². The van der Waals surface area contributed by atoms with Gasteiger partial charge in [-0.1, -0.05) is 24.3 Å². The van der Waals surface area contributed by atoms with Gasteiger partial charge in [0.05, 0.1) is 11.5 Å². The minimum Gasteiger partial charge on any atom is -0.504 e. The lowest BCUT2D eigenvalue weighted by Crippen LogP contribution is -2.16. The van der Waals surface area contributed by atoms with E-state index in [-0.39, 0.29) is 22.3 Å². The number of halogens is 1. The Kier molecular flexibility index (Phi) is 7.30. The predicted molar refractivity (Wildman–Crippen MR) is 153 cm³/mol. The fraction of sp³-hybridized carbons (Fsp3) is 0.172. The number of fused-ring (bicyclic) bond motifs is 1. The van der Waals surface area contributed by atoms with Gasteiger partial charge in [-0.15, -0.1) is 0 Å². The summed E-state index contributed by atoms with van der Waals surface area (Å²) < 4.78 is 34.9. The second-order valence-electron chi connectivity index (χ2n) is 9.10. The van der Waals surface area contributed by atoms with E-state index in [1.807, 2.05) is 36.4 Å². The Bertz CT molecular complexity index is 1500. The number of phenolic OH excluding ortho intramolecular Hbond substituents is 2. The first-order chi connectivity index (χ1) is 17.8. The zero-order valence-corrected chi connectivity index (χ0v) is 22.9. The van der Waals surface area contributed by atoms with Gasteiger partial charge in [0.25, 0.3) is 10.0 Å². The van der Waals surface area contributed by atoms with Gasteiger partial charge in [-0.2, -0.15) is 0 Å². The summed E-state index contributed by atoms with van der Waals surface area (Å²) in [6.07, 6.45) is 2.87. The molecule has 1 aliphatic carbocycles. The molecule has 0 saturated heterocycles. The summed E-state index contributed by atoms with van der Waals surface area (Å²) >= 11 is 2.14. The number of benzene rings is 4. The van der Waals surface area contributed by atoms with Gasteiger partial charge < -0.3 is 14.9 Å². The van der Waals surface area contributed by atoms with E-state index >= 15 is 0 Å². The summed E-state index contributed by atoms with van der Waals surface area (Å²) in [5.74, 6) is 0.738. The molecule has 0 heterocycles. The third-order valence-electron chi connectivity index (χ3n) is 6.57. The molecule has 0 radical (unpaired) electrons. The standard InChI is InChI=1S/C29H26INO5S/c30-23-8-14-26(15-9-23)37(34,35)31-24-10-4-19(5-11-24)20-6-12-25(13-7-20)36-18-22-3-1-2-21-16-28(32)29(33)17-27(21)22/h4-17,22,31-33H,1-3,18H2. The molecule has 8 heteroatoms. The highest BCUT2D eigenvalue weighted by molar-refractivity contribution is 14.1. The van der Waals surface area contributed by atoms with Crippen LogP contribution in [-0.2, 0) is 16.4 Å². The van der Waals surface area contributed by atoms with Crippen LogP contribution in [0.3, 0.4) is 0 Å². The number of anilines is 1. The number of sulfonamides is 1. The zero-order chi connectivity index (χ0) is 26.0. The quantitative estimate of drug-likeness (QED) is 0.157. The molecule has 1 aliphatic rings. The van der Waals surface area contributed by atoms with Crippen LogP contribution in [0.25, 0.3) is 11.1 Å². The first kappa shape index (κ1) is 25.4. The van der Waals surface area contributed by atoms with Crippen LogP contribution in [0.1, 0.15) is 29.9 Å². The Balaban J connectivity index is 1.22. The summed E-state index contributed by atoms with van der Waals surface area (Å²) in [5, 5.41) is 19.7. The number of nitrogens with one attached hydrogen (secondary N) is 1. The summed E-state index contributed by atoms with van der Waals surface area (Å²) in [6, 6.07) is 25.0. The van der Waals surface area contributed by atoms with Crippen LogP contribution >= 0.6 is 22.6 Å². The van der Waals surface area contributed by atoms with Crippen molar-refractivity contribution in [1.29, 1.82) is 0 Å². The van der Waals surface area contributed by atoms with Gasteiger partial charge in [-0.25, -0.2) is 8.42 Å². The molecule has 0 spiro atoms. The summed E-state index contributed by atoms with van der Waals surface area (Å²) in [4.78, 5) is 0.222. The number of hydrogen-bond acceptors (Lipinski definition) is 5. The molecular weight excluding hydrogens is 601 g/mol. The molecule has 0 aromatic heterocycles. The maximum atomic E-state index is 12.6. The first-order valence-corrected chi connectivity index (χ1v) is 14.5. The molecular formula is C29H26INO5S. The summed E-state index contributed by atoms with van der Waals surface area (Å²) in [6.45, 7) is 0.492. The van der Waals surface area contributed by atoms with E-state index in [4.69, 9.17) is 4.74 Å². The highest BCUT2D eigenvalue weighted by Gasteiger charge is 2.23. The van der Waals surface area contributed by atoms with E-state index in [1.165, 1.54) is 0 Å². The smallest absolute Gasteiger partial charge is 0.261 e. The van der Waals surface area contributed by atoms with Crippen molar-refractivity contribution in [2.45, 2.75) is 30.1 Å². The van der Waals surface area contributed by atoms with E-state index < -0.39 is 10.0 Å². The van der Waals surface area contributed by atoms with Gasteiger partial charge in [-0.3, -0.25) is 4.72 Å². The van der Waals surface area contributed by atoms with Crippen LogP contribution in [0.4, 0.5) is 5.69 Å². The Hall–Kier alpha value is -3.24. The summed E-state index contributed by atoms with van der Waals surface area (Å²) in [7, 11) is -3.65. The van der Waals surface area contributed by atoms with E-state index in [0.717, 1.165) is 50.8 Å². The average Bonchev–Trinajstić information content (AvgIpc) is 2.89. The van der Waals surface area contributed by atoms with Gasteiger partial charge in [0, 0.05) is 15.2 Å². The van der Waals surface area contributed by atoms with Crippen LogP contribution in [-0.4, -0.2) is 25.2 Å². The molecule has 0 bridgehead atoms. The number of rotatable bonds is 7.